The van der Waals surface area contributed by atoms with Crippen molar-refractivity contribution < 1.29 is 4.79 Å². The van der Waals surface area contributed by atoms with Crippen LogP contribution in [0.5, 0.6) is 0 Å². The van der Waals surface area contributed by atoms with E-state index in [1.807, 2.05) is 0 Å². The average Bonchev–Trinajstić information content (AvgIpc) is 2.74. The number of carbonyl (C=O) groups is 1. The second kappa shape index (κ2) is 3.34. The number of hydrogen-bond acceptors (Lipinski definition) is 1. The van der Waals surface area contributed by atoms with Crippen LogP contribution in [0.2, 0.25) is 0 Å². The summed E-state index contributed by atoms with van der Waals surface area (Å²) in [5.74, 6) is 3.43. The van der Waals surface area contributed by atoms with Crippen LogP contribution in [0.1, 0.15) is 52.4 Å². The van der Waals surface area contributed by atoms with Crippen molar-refractivity contribution in [1.82, 2.24) is 5.32 Å². The van der Waals surface area contributed by atoms with Gasteiger partial charge in [0.25, 0.3) is 0 Å². The smallest absolute Gasteiger partial charge is 0.247 e. The van der Waals surface area contributed by atoms with Crippen molar-refractivity contribution in [3.05, 3.63) is 11.6 Å². The van der Waals surface area contributed by atoms with Gasteiger partial charge in [-0.15, -0.1) is 0 Å². The standard InChI is InChI=1S/C18H25NO/c1-17-8-7-14-10-3-6-15-18(14,2)9-11(16(20)19-15)13(17)5-4-12(10)17/h9-10,12-15H,3-8H2,1-2H3,(H,19,20)/t10-,12-,13?,14+,15?,17-,18+/m0/s1. The predicted octanol–water partition coefficient (Wildman–Crippen LogP) is 3.28. The number of rotatable bonds is 0. The number of carbonyl (C=O) groups excluding carboxylic acids is 1. The lowest BCUT2D eigenvalue weighted by molar-refractivity contribution is -0.129. The summed E-state index contributed by atoms with van der Waals surface area (Å²) in [6, 6.07) is 0.404. The summed E-state index contributed by atoms with van der Waals surface area (Å²) < 4.78 is 0. The molecule has 5 aliphatic carbocycles. The molecule has 6 aliphatic rings. The van der Waals surface area contributed by atoms with Crippen LogP contribution in [0.4, 0.5) is 0 Å². The molecule has 0 saturated heterocycles. The molecule has 7 bridgehead atoms. The fourth-order valence-corrected chi connectivity index (χ4v) is 7.24. The van der Waals surface area contributed by atoms with Gasteiger partial charge in [-0.25, -0.2) is 0 Å². The maximum Gasteiger partial charge on any atom is 0.247 e. The normalized spacial score (nSPS) is 59.0. The van der Waals surface area contributed by atoms with Crippen molar-refractivity contribution in [3.63, 3.8) is 0 Å². The summed E-state index contributed by atoms with van der Waals surface area (Å²) in [6.07, 6.45) is 10.4. The minimum atomic E-state index is 0.245. The summed E-state index contributed by atoms with van der Waals surface area (Å²) in [5, 5.41) is 3.39. The van der Waals surface area contributed by atoms with Crippen LogP contribution in [0.15, 0.2) is 11.6 Å². The Bertz CT molecular complexity index is 538. The molecule has 108 valence electrons. The minimum Gasteiger partial charge on any atom is -0.349 e. The molecule has 7 atom stereocenters. The highest BCUT2D eigenvalue weighted by molar-refractivity contribution is 5.95. The van der Waals surface area contributed by atoms with E-state index in [0.29, 0.717) is 17.4 Å². The first kappa shape index (κ1) is 11.8. The third kappa shape index (κ3) is 1.10. The first-order chi connectivity index (χ1) is 9.54. The molecule has 1 heterocycles. The Morgan fingerprint density at radius 1 is 1.10 bits per heavy atom. The van der Waals surface area contributed by atoms with Gasteiger partial charge < -0.3 is 5.32 Å². The van der Waals surface area contributed by atoms with Gasteiger partial charge in [-0.1, -0.05) is 19.9 Å². The van der Waals surface area contributed by atoms with Crippen molar-refractivity contribution >= 4 is 5.91 Å². The van der Waals surface area contributed by atoms with E-state index < -0.39 is 0 Å². The Morgan fingerprint density at radius 2 is 1.95 bits per heavy atom. The Balaban J connectivity index is 1.81. The summed E-state index contributed by atoms with van der Waals surface area (Å²) in [4.78, 5) is 12.6. The molecule has 3 saturated carbocycles. The topological polar surface area (TPSA) is 29.1 Å². The molecule has 0 spiro atoms. The minimum absolute atomic E-state index is 0.245. The number of fused-ring (bicyclic) bond motifs is 1. The third-order valence-corrected chi connectivity index (χ3v) is 8.19. The van der Waals surface area contributed by atoms with Crippen LogP contribution in [0, 0.1) is 34.5 Å². The van der Waals surface area contributed by atoms with Crippen LogP contribution in [0.25, 0.3) is 0 Å². The number of hydrogen-bond donors (Lipinski definition) is 1. The fraction of sp³-hybridized carbons (Fsp3) is 0.833. The molecular formula is C18H25NO. The molecule has 2 heteroatoms. The van der Waals surface area contributed by atoms with E-state index in [0.717, 1.165) is 17.8 Å². The van der Waals surface area contributed by atoms with Crippen LogP contribution in [0.3, 0.4) is 0 Å². The van der Waals surface area contributed by atoms with Gasteiger partial charge in [0, 0.05) is 17.0 Å². The SMILES string of the molecule is C[C@]12C=C3C(=O)NC1CC[C@@H]1[C@H]2CC[C@]2(C)C3CC[C@@H]12. The van der Waals surface area contributed by atoms with Gasteiger partial charge in [-0.3, -0.25) is 4.79 Å². The Morgan fingerprint density at radius 3 is 2.80 bits per heavy atom. The Hall–Kier alpha value is -0.790. The molecule has 1 aliphatic heterocycles. The highest BCUT2D eigenvalue weighted by Crippen LogP contribution is 2.68. The molecular weight excluding hydrogens is 246 g/mol. The van der Waals surface area contributed by atoms with Crippen LogP contribution < -0.4 is 5.32 Å². The molecule has 20 heavy (non-hydrogen) atoms. The molecule has 2 unspecified atom stereocenters. The van der Waals surface area contributed by atoms with Gasteiger partial charge in [-0.2, -0.15) is 0 Å². The van der Waals surface area contributed by atoms with Crippen molar-refractivity contribution in [2.24, 2.45) is 34.5 Å². The van der Waals surface area contributed by atoms with Crippen molar-refractivity contribution in [2.45, 2.75) is 58.4 Å². The molecule has 1 N–H and O–H groups in total. The summed E-state index contributed by atoms with van der Waals surface area (Å²) in [7, 11) is 0. The monoisotopic (exact) mass is 271 g/mol. The van der Waals surface area contributed by atoms with Gasteiger partial charge in [0.05, 0.1) is 0 Å². The van der Waals surface area contributed by atoms with E-state index >= 15 is 0 Å². The largest absolute Gasteiger partial charge is 0.349 e. The molecule has 0 aromatic rings. The number of nitrogens with one attached hydrogen (secondary N) is 1. The lowest BCUT2D eigenvalue weighted by atomic mass is 9.45. The van der Waals surface area contributed by atoms with E-state index in [1.165, 1.54) is 44.1 Å². The van der Waals surface area contributed by atoms with Crippen LogP contribution in [-0.2, 0) is 4.79 Å². The lowest BCUT2D eigenvalue weighted by Gasteiger charge is -2.62. The van der Waals surface area contributed by atoms with Gasteiger partial charge in [-0.05, 0) is 67.6 Å². The van der Waals surface area contributed by atoms with Gasteiger partial charge in [0.2, 0.25) is 5.91 Å². The van der Waals surface area contributed by atoms with Gasteiger partial charge in [0.1, 0.15) is 0 Å². The fourth-order valence-electron chi connectivity index (χ4n) is 7.24. The zero-order chi connectivity index (χ0) is 13.7. The predicted molar refractivity (Wildman–Crippen MR) is 77.9 cm³/mol. The highest BCUT2D eigenvalue weighted by atomic mass is 16.1. The highest BCUT2D eigenvalue weighted by Gasteiger charge is 2.63. The third-order valence-electron chi connectivity index (χ3n) is 8.19. The molecule has 0 aromatic heterocycles. The molecule has 3 fully saturated rings. The second-order valence-electron chi connectivity index (χ2n) is 8.62. The summed E-state index contributed by atoms with van der Waals surface area (Å²) in [6.45, 7) is 4.95. The average molecular weight is 271 g/mol. The zero-order valence-corrected chi connectivity index (χ0v) is 12.6. The quantitative estimate of drug-likeness (QED) is 0.719. The zero-order valence-electron chi connectivity index (χ0n) is 12.6. The van der Waals surface area contributed by atoms with Crippen LogP contribution >= 0.6 is 0 Å². The molecule has 6 rings (SSSR count). The van der Waals surface area contributed by atoms with E-state index in [9.17, 15) is 4.79 Å². The molecule has 2 nitrogen and oxygen atoms in total. The molecule has 0 aromatic carbocycles. The van der Waals surface area contributed by atoms with Crippen molar-refractivity contribution in [3.8, 4) is 0 Å². The maximum atomic E-state index is 12.6. The van der Waals surface area contributed by atoms with Gasteiger partial charge in [0.15, 0.2) is 0 Å². The summed E-state index contributed by atoms with van der Waals surface area (Å²) >= 11 is 0. The second-order valence-corrected chi connectivity index (χ2v) is 8.62. The molecule has 1 amide bonds. The van der Waals surface area contributed by atoms with E-state index in [2.05, 4.69) is 25.2 Å². The number of amides is 1. The molecule has 0 radical (unpaired) electrons. The van der Waals surface area contributed by atoms with E-state index in [-0.39, 0.29) is 11.3 Å². The Kier molecular flexibility index (Phi) is 1.97. The van der Waals surface area contributed by atoms with Crippen LogP contribution in [-0.4, -0.2) is 11.9 Å². The van der Waals surface area contributed by atoms with Crippen molar-refractivity contribution in [1.29, 1.82) is 0 Å². The first-order valence-electron chi connectivity index (χ1n) is 8.57. The first-order valence-corrected chi connectivity index (χ1v) is 8.57. The maximum absolute atomic E-state index is 12.6. The lowest BCUT2D eigenvalue weighted by Crippen LogP contribution is -2.62. The summed E-state index contributed by atoms with van der Waals surface area (Å²) in [5.41, 5.74) is 1.82. The van der Waals surface area contributed by atoms with Crippen molar-refractivity contribution in [2.75, 3.05) is 0 Å². The van der Waals surface area contributed by atoms with E-state index in [4.69, 9.17) is 0 Å². The Labute approximate surface area is 121 Å². The van der Waals surface area contributed by atoms with Gasteiger partial charge >= 0.3 is 0 Å². The van der Waals surface area contributed by atoms with E-state index in [1.54, 1.807) is 0 Å².